The van der Waals surface area contributed by atoms with Crippen LogP contribution in [0.4, 0.5) is 16.2 Å². The first-order valence-electron chi connectivity index (χ1n) is 20.3. The number of amides is 3. The quantitative estimate of drug-likeness (QED) is 0.101. The summed E-state index contributed by atoms with van der Waals surface area (Å²) < 4.78 is 29.2. The minimum atomic E-state index is -1.25. The molecule has 4 aliphatic rings. The number of likely N-dealkylation sites (tertiary alicyclic amines) is 1. The number of piperidine rings is 1. The van der Waals surface area contributed by atoms with Crippen molar-refractivity contribution in [3.63, 3.8) is 0 Å². The first-order valence-corrected chi connectivity index (χ1v) is 24.0. The van der Waals surface area contributed by atoms with Gasteiger partial charge in [0, 0.05) is 59.8 Å². The molecule has 11 nitrogen and oxygen atoms in total. The predicted molar refractivity (Wildman–Crippen MR) is 221 cm³/mol. The van der Waals surface area contributed by atoms with E-state index in [1.165, 1.54) is 0 Å². The zero-order valence-corrected chi connectivity index (χ0v) is 35.4. The normalized spacial score (nSPS) is 21.4. The lowest BCUT2D eigenvalue weighted by molar-refractivity contribution is -0.127. The van der Waals surface area contributed by atoms with E-state index >= 15 is 4.79 Å². The summed E-state index contributed by atoms with van der Waals surface area (Å²) >= 11 is 0. The minimum Gasteiger partial charge on any atom is -0.482 e. The van der Waals surface area contributed by atoms with Gasteiger partial charge in [0.25, 0.3) is 5.91 Å². The molecule has 6 rings (SSSR count). The van der Waals surface area contributed by atoms with Crippen LogP contribution in [0.15, 0.2) is 66.4 Å². The molecule has 2 aliphatic carbocycles. The second kappa shape index (κ2) is 18.0. The Morgan fingerprint density at radius 2 is 1.79 bits per heavy atom. The van der Waals surface area contributed by atoms with Gasteiger partial charge < -0.3 is 38.4 Å². The Bertz CT molecular complexity index is 1760. The number of allylic oxidation sites excluding steroid dienone is 3. The second-order valence-electron chi connectivity index (χ2n) is 17.7. The molecule has 0 bridgehead atoms. The maximum absolute atomic E-state index is 15.3. The number of fused-ring (bicyclic) bond motifs is 1. The van der Waals surface area contributed by atoms with Crippen molar-refractivity contribution in [1.82, 2.24) is 4.90 Å². The molecular weight excluding hydrogens is 727 g/mol. The van der Waals surface area contributed by atoms with E-state index in [1.54, 1.807) is 16.9 Å². The Morgan fingerprint density at radius 3 is 2.48 bits per heavy atom. The molecule has 0 aromatic heterocycles. The lowest BCUT2D eigenvalue weighted by Crippen LogP contribution is -2.53. The number of benzene rings is 2. The van der Waals surface area contributed by atoms with E-state index in [9.17, 15) is 9.59 Å². The summed E-state index contributed by atoms with van der Waals surface area (Å²) in [6.45, 7) is 15.1. The molecule has 2 aromatic rings. The molecule has 0 spiro atoms. The first kappa shape index (κ1) is 41.5. The van der Waals surface area contributed by atoms with Gasteiger partial charge in [0.15, 0.2) is 13.4 Å². The Morgan fingerprint density at radius 1 is 1.02 bits per heavy atom. The molecule has 3 atom stereocenters. The topological polar surface area (TPSA) is 107 Å². The number of rotatable bonds is 15. The highest BCUT2D eigenvalue weighted by Crippen LogP contribution is 2.45. The third kappa shape index (κ3) is 10.8. The second-order valence-corrected chi connectivity index (χ2v) is 23.3. The summed E-state index contributed by atoms with van der Waals surface area (Å²) in [5.74, 6) is 0.561. The van der Waals surface area contributed by atoms with E-state index in [1.807, 2.05) is 62.1 Å². The van der Waals surface area contributed by atoms with E-state index in [0.717, 1.165) is 47.9 Å². The lowest BCUT2D eigenvalue weighted by Gasteiger charge is -2.43. The van der Waals surface area contributed by atoms with Gasteiger partial charge in [0.1, 0.15) is 17.1 Å². The first-order chi connectivity index (χ1) is 26.7. The van der Waals surface area contributed by atoms with Gasteiger partial charge in [-0.2, -0.15) is 0 Å². The minimum absolute atomic E-state index is 0.0223. The van der Waals surface area contributed by atoms with E-state index < -0.39 is 25.7 Å². The van der Waals surface area contributed by atoms with Gasteiger partial charge in [0.2, 0.25) is 5.91 Å². The van der Waals surface area contributed by atoms with Crippen molar-refractivity contribution in [2.75, 3.05) is 63.2 Å². The number of hydrogen-bond acceptors (Lipinski definition) is 8. The van der Waals surface area contributed by atoms with E-state index in [0.29, 0.717) is 50.6 Å². The zero-order valence-electron chi connectivity index (χ0n) is 34.4. The van der Waals surface area contributed by atoms with E-state index in [4.69, 9.17) is 23.7 Å². The maximum Gasteiger partial charge on any atom is 0.410 e. The molecule has 12 heteroatoms. The Balaban J connectivity index is 1.32. The SMILES string of the molecule is COCCCN1C(=O)COc2ccc(N(C(=O)[C@H]3CN(C(=O)OC(C)(C)C)CC[C@@H]3C3C=C(OCOCC[Si](C)(C)C)C=C(c4ccccc4)C3)C3CC3)cc21. The van der Waals surface area contributed by atoms with Gasteiger partial charge in [-0.3, -0.25) is 9.59 Å². The predicted octanol–water partition coefficient (Wildman–Crippen LogP) is 8.13. The number of ether oxygens (including phenoxy) is 5. The molecule has 56 heavy (non-hydrogen) atoms. The number of nitrogens with zero attached hydrogens (tertiary/aromatic N) is 3. The molecule has 3 amide bonds. The molecule has 1 saturated carbocycles. The van der Waals surface area contributed by atoms with Gasteiger partial charge in [0.05, 0.1) is 11.6 Å². The highest BCUT2D eigenvalue weighted by Gasteiger charge is 2.46. The van der Waals surface area contributed by atoms with Gasteiger partial charge in [-0.1, -0.05) is 50.0 Å². The van der Waals surface area contributed by atoms with Crippen molar-refractivity contribution in [2.45, 2.75) is 90.2 Å². The maximum atomic E-state index is 15.3. The van der Waals surface area contributed by atoms with Crippen LogP contribution in [0, 0.1) is 17.8 Å². The van der Waals surface area contributed by atoms with Crippen molar-refractivity contribution >= 4 is 42.9 Å². The van der Waals surface area contributed by atoms with E-state index in [-0.39, 0.29) is 49.6 Å². The smallest absolute Gasteiger partial charge is 0.410 e. The van der Waals surface area contributed by atoms with Crippen LogP contribution < -0.4 is 14.5 Å². The summed E-state index contributed by atoms with van der Waals surface area (Å²) in [5.41, 5.74) is 2.97. The number of carbonyl (C=O) groups is 3. The lowest BCUT2D eigenvalue weighted by atomic mass is 9.71. The molecule has 2 aliphatic heterocycles. The molecule has 2 aromatic carbocycles. The third-order valence-electron chi connectivity index (χ3n) is 10.8. The summed E-state index contributed by atoms with van der Waals surface area (Å²) in [6, 6.07) is 17.1. The number of methoxy groups -OCH3 is 1. The van der Waals surface area contributed by atoms with Crippen LogP contribution in [0.3, 0.4) is 0 Å². The largest absolute Gasteiger partial charge is 0.482 e. The summed E-state index contributed by atoms with van der Waals surface area (Å²) in [7, 11) is 0.400. The molecule has 1 unspecified atom stereocenters. The van der Waals surface area contributed by atoms with Gasteiger partial charge >= 0.3 is 6.09 Å². The summed E-state index contributed by atoms with van der Waals surface area (Å²) in [6.07, 6.45) is 7.64. The fourth-order valence-corrected chi connectivity index (χ4v) is 8.54. The molecule has 0 radical (unpaired) electrons. The van der Waals surface area contributed by atoms with Crippen molar-refractivity contribution in [1.29, 1.82) is 0 Å². The van der Waals surface area contributed by atoms with Gasteiger partial charge in [-0.25, -0.2) is 4.79 Å². The van der Waals surface area contributed by atoms with Crippen LogP contribution >= 0.6 is 0 Å². The van der Waals surface area contributed by atoms with Gasteiger partial charge in [-0.05, 0) is 112 Å². The van der Waals surface area contributed by atoms with Crippen LogP contribution in [0.2, 0.25) is 25.7 Å². The van der Waals surface area contributed by atoms with Crippen LogP contribution in [-0.2, 0) is 28.5 Å². The summed E-state index contributed by atoms with van der Waals surface area (Å²) in [5, 5.41) is 0. The number of hydrogen-bond donors (Lipinski definition) is 0. The van der Waals surface area contributed by atoms with Crippen LogP contribution in [0.5, 0.6) is 5.75 Å². The van der Waals surface area contributed by atoms with Crippen LogP contribution in [0.25, 0.3) is 5.57 Å². The van der Waals surface area contributed by atoms with Crippen molar-refractivity contribution in [3.8, 4) is 5.75 Å². The molecule has 1 saturated heterocycles. The molecule has 2 fully saturated rings. The fraction of sp³-hybridized carbons (Fsp3) is 0.568. The molecule has 2 heterocycles. The monoisotopic (exact) mass is 787 g/mol. The average Bonchev–Trinajstić information content (AvgIpc) is 4.00. The van der Waals surface area contributed by atoms with Gasteiger partial charge in [-0.15, -0.1) is 0 Å². The zero-order chi connectivity index (χ0) is 40.0. The Kier molecular flexibility index (Phi) is 13.3. The molecular formula is C44H61N3O8Si. The number of anilines is 2. The Labute approximate surface area is 333 Å². The van der Waals surface area contributed by atoms with Crippen molar-refractivity contribution < 1.29 is 38.1 Å². The molecule has 304 valence electrons. The van der Waals surface area contributed by atoms with Crippen LogP contribution in [-0.4, -0.2) is 95.9 Å². The fourth-order valence-electron chi connectivity index (χ4n) is 7.79. The summed E-state index contributed by atoms with van der Waals surface area (Å²) in [4.78, 5) is 47.3. The highest BCUT2D eigenvalue weighted by atomic mass is 28.3. The Hall–Kier alpha value is -4.13. The van der Waals surface area contributed by atoms with Crippen LogP contribution in [0.1, 0.15) is 58.4 Å². The van der Waals surface area contributed by atoms with Crippen molar-refractivity contribution in [3.05, 3.63) is 72.0 Å². The number of carbonyl (C=O) groups excluding carboxylic acids is 3. The standard InChI is InChI=1S/C44H61N3O8Si/c1-44(2,3)55-43(50)45-20-18-37(33-24-32(31-12-9-8-10-13-31)25-36(26-33)54-30-52-22-23-56(5,6)7)38(28-45)42(49)47(34-14-15-34)35-16-17-40-39(27-35)46(19-11-21-51-4)41(48)29-53-40/h8-10,12-13,16-17,25-27,33-34,37-38H,11,14-15,18-24,28-30H2,1-7H3/t33?,37-,38+/m1/s1. The van der Waals surface area contributed by atoms with Crippen molar-refractivity contribution in [2.24, 2.45) is 17.8 Å². The third-order valence-corrected chi connectivity index (χ3v) is 12.5. The molecule has 0 N–H and O–H groups in total. The van der Waals surface area contributed by atoms with E-state index in [2.05, 4.69) is 43.9 Å². The highest BCUT2D eigenvalue weighted by molar-refractivity contribution is 6.76. The average molecular weight is 788 g/mol.